The molecule has 2 aromatic rings. The average molecular weight is 299 g/mol. The van der Waals surface area contributed by atoms with E-state index < -0.39 is 0 Å². The van der Waals surface area contributed by atoms with Gasteiger partial charge in [0.2, 0.25) is 0 Å². The number of benzene rings is 1. The Morgan fingerprint density at radius 1 is 1.24 bits per heavy atom. The zero-order chi connectivity index (χ0) is 14.9. The highest BCUT2D eigenvalue weighted by molar-refractivity contribution is 7.10. The van der Waals surface area contributed by atoms with Crippen LogP contribution >= 0.6 is 11.3 Å². The van der Waals surface area contributed by atoms with Gasteiger partial charge in [0.15, 0.2) is 0 Å². The molecule has 1 N–H and O–H groups in total. The molecule has 2 heteroatoms. The third-order valence-electron chi connectivity index (χ3n) is 4.63. The van der Waals surface area contributed by atoms with Gasteiger partial charge < -0.3 is 5.32 Å². The average Bonchev–Trinajstić information content (AvgIpc) is 3.05. The molecule has 0 saturated heterocycles. The molecule has 0 radical (unpaired) electrons. The molecule has 0 bridgehead atoms. The van der Waals surface area contributed by atoms with E-state index in [2.05, 4.69) is 67.9 Å². The largest absolute Gasteiger partial charge is 0.302 e. The second-order valence-electron chi connectivity index (χ2n) is 6.82. The van der Waals surface area contributed by atoms with Crippen LogP contribution in [-0.4, -0.2) is 0 Å². The van der Waals surface area contributed by atoms with Crippen molar-refractivity contribution >= 4 is 11.3 Å². The van der Waals surface area contributed by atoms with Crippen molar-refractivity contribution in [3.8, 4) is 0 Å². The van der Waals surface area contributed by atoms with Gasteiger partial charge in [0.25, 0.3) is 0 Å². The summed E-state index contributed by atoms with van der Waals surface area (Å²) in [4.78, 5) is 1.47. The van der Waals surface area contributed by atoms with E-state index in [9.17, 15) is 0 Å². The molecule has 1 aliphatic carbocycles. The van der Waals surface area contributed by atoms with Gasteiger partial charge in [-0.1, -0.05) is 57.5 Å². The Bertz CT molecular complexity index is 585. The number of rotatable bonds is 5. The van der Waals surface area contributed by atoms with Gasteiger partial charge in [-0.3, -0.25) is 0 Å². The van der Waals surface area contributed by atoms with Gasteiger partial charge >= 0.3 is 0 Å². The lowest BCUT2D eigenvalue weighted by molar-refractivity contribution is 0.244. The molecule has 1 aromatic carbocycles. The van der Waals surface area contributed by atoms with Crippen LogP contribution in [0, 0.1) is 5.41 Å². The Kier molecular flexibility index (Phi) is 4.19. The Hall–Kier alpha value is -1.12. The molecule has 0 amide bonds. The fourth-order valence-electron chi connectivity index (χ4n) is 3.59. The second kappa shape index (κ2) is 5.94. The Balaban J connectivity index is 1.88. The van der Waals surface area contributed by atoms with Crippen LogP contribution in [0.1, 0.15) is 61.7 Å². The molecule has 2 atom stereocenters. The van der Waals surface area contributed by atoms with Gasteiger partial charge in [0.05, 0.1) is 0 Å². The minimum absolute atomic E-state index is 0.285. The van der Waals surface area contributed by atoms with Crippen molar-refractivity contribution < 1.29 is 0 Å². The Labute approximate surface area is 132 Å². The fourth-order valence-corrected chi connectivity index (χ4v) is 4.41. The zero-order valence-corrected chi connectivity index (χ0v) is 14.0. The topological polar surface area (TPSA) is 12.0 Å². The van der Waals surface area contributed by atoms with Crippen molar-refractivity contribution in [3.05, 3.63) is 57.8 Å². The molecule has 0 spiro atoms. The van der Waals surface area contributed by atoms with Crippen LogP contribution in [0.15, 0.2) is 41.8 Å². The maximum absolute atomic E-state index is 3.98. The molecule has 0 saturated carbocycles. The lowest BCUT2D eigenvalue weighted by Gasteiger charge is -2.32. The van der Waals surface area contributed by atoms with E-state index in [0.29, 0.717) is 12.1 Å². The van der Waals surface area contributed by atoms with Gasteiger partial charge in [0.1, 0.15) is 0 Å². The zero-order valence-electron chi connectivity index (χ0n) is 13.2. The Morgan fingerprint density at radius 2 is 2.05 bits per heavy atom. The van der Waals surface area contributed by atoms with E-state index in [4.69, 9.17) is 0 Å². The second-order valence-corrected chi connectivity index (χ2v) is 7.80. The SMILES string of the molecule is CCCC(NC1c2ccccc2CC1(C)C)c1cccs1. The van der Waals surface area contributed by atoms with Gasteiger partial charge in [0, 0.05) is 17.0 Å². The van der Waals surface area contributed by atoms with Crippen LogP contribution in [0.25, 0.3) is 0 Å². The molecule has 0 fully saturated rings. The molecule has 112 valence electrons. The van der Waals surface area contributed by atoms with Crippen molar-refractivity contribution in [2.24, 2.45) is 5.41 Å². The summed E-state index contributed by atoms with van der Waals surface area (Å²) in [6, 6.07) is 14.3. The van der Waals surface area contributed by atoms with Gasteiger partial charge in [-0.2, -0.15) is 0 Å². The van der Waals surface area contributed by atoms with Crippen LogP contribution in [0.3, 0.4) is 0 Å². The van der Waals surface area contributed by atoms with Gasteiger partial charge in [-0.15, -0.1) is 11.3 Å². The highest BCUT2D eigenvalue weighted by atomic mass is 32.1. The third-order valence-corrected chi connectivity index (χ3v) is 5.61. The minimum atomic E-state index is 0.285. The standard InChI is InChI=1S/C19H25NS/c1-4-8-16(17-11-7-12-21-17)20-18-15-10-6-5-9-14(15)13-19(18,2)3/h5-7,9-12,16,18,20H,4,8,13H2,1-3H3. The van der Waals surface area contributed by atoms with E-state index in [1.165, 1.54) is 35.3 Å². The molecule has 1 aromatic heterocycles. The molecular weight excluding hydrogens is 274 g/mol. The van der Waals surface area contributed by atoms with E-state index in [1.807, 2.05) is 11.3 Å². The highest BCUT2D eigenvalue weighted by Gasteiger charge is 2.39. The molecular formula is C19H25NS. The summed E-state index contributed by atoms with van der Waals surface area (Å²) in [5.74, 6) is 0. The number of thiophene rings is 1. The summed E-state index contributed by atoms with van der Waals surface area (Å²) in [5.41, 5.74) is 3.30. The van der Waals surface area contributed by atoms with E-state index in [-0.39, 0.29) is 5.41 Å². The smallest absolute Gasteiger partial charge is 0.0419 e. The van der Waals surface area contributed by atoms with Gasteiger partial charge in [-0.05, 0) is 40.8 Å². The first kappa shape index (κ1) is 14.8. The number of nitrogens with one attached hydrogen (secondary N) is 1. The number of fused-ring (bicyclic) bond motifs is 1. The predicted octanol–water partition coefficient (Wildman–Crippen LogP) is 5.50. The van der Waals surface area contributed by atoms with Crippen LogP contribution < -0.4 is 5.32 Å². The van der Waals surface area contributed by atoms with Crippen molar-refractivity contribution in [3.63, 3.8) is 0 Å². The van der Waals surface area contributed by atoms with Crippen molar-refractivity contribution in [1.29, 1.82) is 0 Å². The first-order valence-electron chi connectivity index (χ1n) is 7.99. The first-order valence-corrected chi connectivity index (χ1v) is 8.87. The molecule has 1 aliphatic rings. The highest BCUT2D eigenvalue weighted by Crippen LogP contribution is 2.46. The quantitative estimate of drug-likeness (QED) is 0.768. The lowest BCUT2D eigenvalue weighted by atomic mass is 9.84. The summed E-state index contributed by atoms with van der Waals surface area (Å²) in [5, 5.41) is 6.16. The van der Waals surface area contributed by atoms with E-state index in [1.54, 1.807) is 0 Å². The normalized spacial score (nSPS) is 21.2. The molecule has 1 heterocycles. The molecule has 2 unspecified atom stereocenters. The lowest BCUT2D eigenvalue weighted by Crippen LogP contribution is -2.33. The Morgan fingerprint density at radius 3 is 2.76 bits per heavy atom. The summed E-state index contributed by atoms with van der Waals surface area (Å²) in [6.07, 6.45) is 3.59. The summed E-state index contributed by atoms with van der Waals surface area (Å²) >= 11 is 1.87. The van der Waals surface area contributed by atoms with Gasteiger partial charge in [-0.25, -0.2) is 0 Å². The molecule has 1 nitrogen and oxygen atoms in total. The maximum Gasteiger partial charge on any atom is 0.0419 e. The number of hydrogen-bond donors (Lipinski definition) is 1. The predicted molar refractivity (Wildman–Crippen MR) is 91.8 cm³/mol. The summed E-state index contributed by atoms with van der Waals surface area (Å²) in [7, 11) is 0. The summed E-state index contributed by atoms with van der Waals surface area (Å²) < 4.78 is 0. The van der Waals surface area contributed by atoms with E-state index >= 15 is 0 Å². The van der Waals surface area contributed by atoms with Crippen molar-refractivity contribution in [1.82, 2.24) is 5.32 Å². The monoisotopic (exact) mass is 299 g/mol. The first-order chi connectivity index (χ1) is 10.1. The number of hydrogen-bond acceptors (Lipinski definition) is 2. The van der Waals surface area contributed by atoms with E-state index in [0.717, 1.165) is 0 Å². The van der Waals surface area contributed by atoms with Crippen LogP contribution in [0.2, 0.25) is 0 Å². The fraction of sp³-hybridized carbons (Fsp3) is 0.474. The van der Waals surface area contributed by atoms with Crippen molar-refractivity contribution in [2.75, 3.05) is 0 Å². The molecule has 0 aliphatic heterocycles. The van der Waals surface area contributed by atoms with Crippen molar-refractivity contribution in [2.45, 2.75) is 52.1 Å². The minimum Gasteiger partial charge on any atom is -0.302 e. The third kappa shape index (κ3) is 2.93. The van der Waals surface area contributed by atoms with Crippen LogP contribution in [0.4, 0.5) is 0 Å². The molecule has 21 heavy (non-hydrogen) atoms. The van der Waals surface area contributed by atoms with Crippen LogP contribution in [-0.2, 0) is 6.42 Å². The summed E-state index contributed by atoms with van der Waals surface area (Å²) in [6.45, 7) is 7.06. The van der Waals surface area contributed by atoms with Crippen LogP contribution in [0.5, 0.6) is 0 Å². The maximum atomic E-state index is 3.98. The molecule has 3 rings (SSSR count).